The van der Waals surface area contributed by atoms with Crippen LogP contribution in [-0.4, -0.2) is 21.9 Å². The Labute approximate surface area is 131 Å². The molecule has 6 nitrogen and oxygen atoms in total. The van der Waals surface area contributed by atoms with E-state index in [1.54, 1.807) is 11.3 Å². The van der Waals surface area contributed by atoms with Crippen molar-refractivity contribution in [2.45, 2.75) is 31.7 Å². The summed E-state index contributed by atoms with van der Waals surface area (Å²) in [5.74, 6) is 0.877. The summed E-state index contributed by atoms with van der Waals surface area (Å²) in [6, 6.07) is 4.05. The van der Waals surface area contributed by atoms with Gasteiger partial charge in [-0.15, -0.1) is 21.5 Å². The van der Waals surface area contributed by atoms with Gasteiger partial charge in [-0.25, -0.2) is 0 Å². The minimum absolute atomic E-state index is 0.0281. The molecule has 0 spiro atoms. The molecule has 8 heteroatoms. The SMILES string of the molecule is CC(C)C(NC(=O)CSc1nnc(CN)o1)c1cccs1. The Balaban J connectivity index is 1.88. The number of amides is 1. The normalized spacial score (nSPS) is 12.6. The molecule has 1 amide bonds. The molecule has 0 saturated carbocycles. The van der Waals surface area contributed by atoms with Crippen LogP contribution >= 0.6 is 23.1 Å². The summed E-state index contributed by atoms with van der Waals surface area (Å²) in [6.07, 6.45) is 0. The summed E-state index contributed by atoms with van der Waals surface area (Å²) in [4.78, 5) is 13.2. The van der Waals surface area contributed by atoms with Gasteiger partial charge < -0.3 is 15.5 Å². The Hall–Kier alpha value is -1.38. The van der Waals surface area contributed by atoms with E-state index in [2.05, 4.69) is 29.4 Å². The van der Waals surface area contributed by atoms with Gasteiger partial charge in [0.15, 0.2) is 0 Å². The molecular formula is C13H18N4O2S2. The minimum atomic E-state index is -0.0559. The van der Waals surface area contributed by atoms with Gasteiger partial charge in [-0.2, -0.15) is 0 Å². The first-order chi connectivity index (χ1) is 10.1. The average molecular weight is 326 g/mol. The molecular weight excluding hydrogens is 308 g/mol. The number of carbonyl (C=O) groups is 1. The van der Waals surface area contributed by atoms with Gasteiger partial charge in [-0.3, -0.25) is 4.79 Å². The molecule has 0 fully saturated rings. The van der Waals surface area contributed by atoms with Crippen LogP contribution in [0.15, 0.2) is 27.2 Å². The zero-order chi connectivity index (χ0) is 15.2. The topological polar surface area (TPSA) is 94.0 Å². The first-order valence-electron chi connectivity index (χ1n) is 6.58. The van der Waals surface area contributed by atoms with Crippen molar-refractivity contribution in [2.75, 3.05) is 5.75 Å². The number of nitrogens with two attached hydrogens (primary N) is 1. The van der Waals surface area contributed by atoms with Crippen LogP contribution in [0.1, 0.15) is 30.7 Å². The summed E-state index contributed by atoms with van der Waals surface area (Å²) in [5, 5.41) is 13.0. The third-order valence-electron chi connectivity index (χ3n) is 2.78. The quantitative estimate of drug-likeness (QED) is 0.758. The lowest BCUT2D eigenvalue weighted by molar-refractivity contribution is -0.119. The summed E-state index contributed by atoms with van der Waals surface area (Å²) < 4.78 is 5.25. The minimum Gasteiger partial charge on any atom is -0.415 e. The van der Waals surface area contributed by atoms with Gasteiger partial charge >= 0.3 is 0 Å². The number of hydrogen-bond donors (Lipinski definition) is 2. The Morgan fingerprint density at radius 1 is 1.52 bits per heavy atom. The van der Waals surface area contributed by atoms with E-state index in [4.69, 9.17) is 10.2 Å². The standard InChI is InChI=1S/C13H18N4O2S2/c1-8(2)12(9-4-3-5-20-9)15-10(18)7-21-13-17-16-11(6-14)19-13/h3-5,8,12H,6-7,14H2,1-2H3,(H,15,18). The molecule has 3 N–H and O–H groups in total. The van der Waals surface area contributed by atoms with E-state index < -0.39 is 0 Å². The van der Waals surface area contributed by atoms with Crippen molar-refractivity contribution in [1.82, 2.24) is 15.5 Å². The second kappa shape index (κ2) is 7.58. The summed E-state index contributed by atoms with van der Waals surface area (Å²) >= 11 is 2.86. The van der Waals surface area contributed by atoms with Gasteiger partial charge in [0.05, 0.1) is 18.3 Å². The van der Waals surface area contributed by atoms with E-state index in [1.165, 1.54) is 11.8 Å². The lowest BCUT2D eigenvalue weighted by Crippen LogP contribution is -2.32. The van der Waals surface area contributed by atoms with E-state index in [0.717, 1.165) is 4.88 Å². The molecule has 0 bridgehead atoms. The molecule has 1 atom stereocenters. The van der Waals surface area contributed by atoms with Crippen molar-refractivity contribution in [1.29, 1.82) is 0 Å². The number of hydrogen-bond acceptors (Lipinski definition) is 7. The predicted octanol–water partition coefficient (Wildman–Crippen LogP) is 2.20. The largest absolute Gasteiger partial charge is 0.415 e. The van der Waals surface area contributed by atoms with Crippen molar-refractivity contribution >= 4 is 29.0 Å². The Morgan fingerprint density at radius 3 is 2.90 bits per heavy atom. The lowest BCUT2D eigenvalue weighted by Gasteiger charge is -2.21. The van der Waals surface area contributed by atoms with Crippen molar-refractivity contribution in [2.24, 2.45) is 11.7 Å². The molecule has 2 heterocycles. The van der Waals surface area contributed by atoms with Gasteiger partial charge in [0.1, 0.15) is 0 Å². The highest BCUT2D eigenvalue weighted by Gasteiger charge is 2.19. The van der Waals surface area contributed by atoms with Gasteiger partial charge in [0.25, 0.3) is 5.22 Å². The van der Waals surface area contributed by atoms with Crippen LogP contribution in [0.5, 0.6) is 0 Å². The average Bonchev–Trinajstić information content (AvgIpc) is 3.13. The number of aromatic nitrogens is 2. The molecule has 21 heavy (non-hydrogen) atoms. The second-order valence-corrected chi connectivity index (χ2v) is 6.66. The smallest absolute Gasteiger partial charge is 0.277 e. The fourth-order valence-corrected chi connectivity index (χ4v) is 3.30. The fourth-order valence-electron chi connectivity index (χ4n) is 1.76. The van der Waals surface area contributed by atoms with Crippen LogP contribution in [-0.2, 0) is 11.3 Å². The summed E-state index contributed by atoms with van der Waals surface area (Å²) in [7, 11) is 0. The zero-order valence-electron chi connectivity index (χ0n) is 11.9. The van der Waals surface area contributed by atoms with Gasteiger partial charge in [-0.1, -0.05) is 31.7 Å². The maximum absolute atomic E-state index is 12.1. The molecule has 2 rings (SSSR count). The van der Waals surface area contributed by atoms with Crippen LogP contribution in [0.2, 0.25) is 0 Å². The summed E-state index contributed by atoms with van der Waals surface area (Å²) in [5.41, 5.74) is 5.39. The van der Waals surface area contributed by atoms with Crippen molar-refractivity contribution < 1.29 is 9.21 Å². The Kier molecular flexibility index (Phi) is 5.77. The van der Waals surface area contributed by atoms with Crippen LogP contribution in [0.4, 0.5) is 0 Å². The number of carbonyl (C=O) groups excluding carboxylic acids is 1. The van der Waals surface area contributed by atoms with E-state index in [0.29, 0.717) is 17.0 Å². The molecule has 0 radical (unpaired) electrons. The van der Waals surface area contributed by atoms with E-state index in [1.807, 2.05) is 17.5 Å². The molecule has 2 aromatic heterocycles. The number of nitrogens with zero attached hydrogens (tertiary/aromatic N) is 2. The van der Waals surface area contributed by atoms with Crippen molar-refractivity contribution in [3.63, 3.8) is 0 Å². The first kappa shape index (κ1) is 16.0. The molecule has 114 valence electrons. The molecule has 1 unspecified atom stereocenters. The molecule has 0 aliphatic rings. The third-order valence-corrected chi connectivity index (χ3v) is 4.56. The molecule has 0 aliphatic carbocycles. The number of nitrogens with one attached hydrogen (secondary N) is 1. The fraction of sp³-hybridized carbons (Fsp3) is 0.462. The lowest BCUT2D eigenvalue weighted by atomic mass is 10.0. The van der Waals surface area contributed by atoms with Crippen LogP contribution in [0, 0.1) is 5.92 Å². The van der Waals surface area contributed by atoms with Gasteiger partial charge in [0.2, 0.25) is 11.8 Å². The molecule has 0 aliphatic heterocycles. The Bertz CT molecular complexity index is 568. The zero-order valence-corrected chi connectivity index (χ0v) is 13.5. The Morgan fingerprint density at radius 2 is 2.33 bits per heavy atom. The monoisotopic (exact) mass is 326 g/mol. The second-order valence-electron chi connectivity index (χ2n) is 4.76. The number of thioether (sulfide) groups is 1. The predicted molar refractivity (Wildman–Crippen MR) is 83.0 cm³/mol. The van der Waals surface area contributed by atoms with Crippen molar-refractivity contribution in [3.8, 4) is 0 Å². The molecule has 0 aromatic carbocycles. The van der Waals surface area contributed by atoms with Crippen LogP contribution < -0.4 is 11.1 Å². The van der Waals surface area contributed by atoms with Gasteiger partial charge in [-0.05, 0) is 17.4 Å². The number of thiophene rings is 1. The maximum atomic E-state index is 12.1. The number of rotatable bonds is 7. The maximum Gasteiger partial charge on any atom is 0.277 e. The highest BCUT2D eigenvalue weighted by Crippen LogP contribution is 2.26. The van der Waals surface area contributed by atoms with Gasteiger partial charge in [0, 0.05) is 4.88 Å². The molecule has 0 saturated heterocycles. The van der Waals surface area contributed by atoms with E-state index in [-0.39, 0.29) is 24.2 Å². The highest BCUT2D eigenvalue weighted by atomic mass is 32.2. The molecule has 2 aromatic rings. The van der Waals surface area contributed by atoms with Crippen LogP contribution in [0.25, 0.3) is 0 Å². The third kappa shape index (κ3) is 4.55. The van der Waals surface area contributed by atoms with Crippen LogP contribution in [0.3, 0.4) is 0 Å². The highest BCUT2D eigenvalue weighted by molar-refractivity contribution is 7.99. The summed E-state index contributed by atoms with van der Waals surface area (Å²) in [6.45, 7) is 4.38. The van der Waals surface area contributed by atoms with E-state index >= 15 is 0 Å². The van der Waals surface area contributed by atoms with Crippen molar-refractivity contribution in [3.05, 3.63) is 28.3 Å². The van der Waals surface area contributed by atoms with E-state index in [9.17, 15) is 4.79 Å². The first-order valence-corrected chi connectivity index (χ1v) is 8.44.